The van der Waals surface area contributed by atoms with Crippen LogP contribution < -0.4 is 15.4 Å². The molecule has 3 atom stereocenters. The summed E-state index contributed by atoms with van der Waals surface area (Å²) in [4.78, 5) is 43.5. The molecule has 0 spiro atoms. The summed E-state index contributed by atoms with van der Waals surface area (Å²) in [6.07, 6.45) is -4.58. The van der Waals surface area contributed by atoms with Gasteiger partial charge in [0.1, 0.15) is 17.5 Å². The molecule has 0 bridgehead atoms. The SMILES string of the molecule is CCOC(=O)C1=C(N)N(c2ccc(C(F)(F)F)cc2)C2=C(C(=O)C(C(=O)OCC)C(c3cccc(OC)c3)C2)C1c1ccc(Cl)cc1. The Kier molecular flexibility index (Phi) is 9.67. The van der Waals surface area contributed by atoms with Crippen molar-refractivity contribution >= 4 is 35.0 Å². The Morgan fingerprint density at radius 1 is 0.957 bits per heavy atom. The topological polar surface area (TPSA) is 108 Å². The molecule has 47 heavy (non-hydrogen) atoms. The number of Topliss-reactive ketones (excluding diaryl/α,β-unsaturated/α-hetero) is 1. The summed E-state index contributed by atoms with van der Waals surface area (Å²) in [7, 11) is 1.49. The number of esters is 2. The van der Waals surface area contributed by atoms with Gasteiger partial charge in [0.15, 0.2) is 5.78 Å². The summed E-state index contributed by atoms with van der Waals surface area (Å²) in [5.74, 6) is -5.05. The van der Waals surface area contributed by atoms with E-state index in [1.54, 1.807) is 62.4 Å². The van der Waals surface area contributed by atoms with Crippen molar-refractivity contribution in [3.05, 3.63) is 117 Å². The van der Waals surface area contributed by atoms with E-state index in [9.17, 15) is 27.6 Å². The van der Waals surface area contributed by atoms with Crippen LogP contribution in [0.25, 0.3) is 0 Å². The van der Waals surface area contributed by atoms with Crippen LogP contribution in [0.3, 0.4) is 0 Å². The molecule has 1 aliphatic carbocycles. The molecular weight excluding hydrogens is 637 g/mol. The van der Waals surface area contributed by atoms with Gasteiger partial charge in [0, 0.05) is 27.9 Å². The third-order valence-electron chi connectivity index (χ3n) is 8.25. The summed E-state index contributed by atoms with van der Waals surface area (Å²) in [6.45, 7) is 3.22. The van der Waals surface area contributed by atoms with E-state index < -0.39 is 47.2 Å². The molecule has 0 fully saturated rings. The quantitative estimate of drug-likeness (QED) is 0.204. The third kappa shape index (κ3) is 6.44. The summed E-state index contributed by atoms with van der Waals surface area (Å²) in [5, 5.41) is 0.400. The molecular formula is C35H32ClF3N2O6. The second-order valence-electron chi connectivity index (χ2n) is 10.9. The molecule has 1 aliphatic heterocycles. The van der Waals surface area contributed by atoms with Crippen molar-refractivity contribution in [3.63, 3.8) is 0 Å². The maximum Gasteiger partial charge on any atom is 0.416 e. The lowest BCUT2D eigenvalue weighted by Crippen LogP contribution is -2.46. The number of carbonyl (C=O) groups is 3. The van der Waals surface area contributed by atoms with Gasteiger partial charge in [0.2, 0.25) is 0 Å². The highest BCUT2D eigenvalue weighted by Gasteiger charge is 2.51. The number of alkyl halides is 3. The van der Waals surface area contributed by atoms with Crippen LogP contribution in [-0.2, 0) is 30.0 Å². The lowest BCUT2D eigenvalue weighted by Gasteiger charge is -2.44. The molecule has 5 rings (SSSR count). The van der Waals surface area contributed by atoms with E-state index in [0.29, 0.717) is 27.6 Å². The number of halogens is 4. The van der Waals surface area contributed by atoms with Gasteiger partial charge in [-0.2, -0.15) is 13.2 Å². The predicted molar refractivity (Wildman–Crippen MR) is 168 cm³/mol. The van der Waals surface area contributed by atoms with E-state index >= 15 is 0 Å². The molecule has 3 unspecified atom stereocenters. The minimum Gasteiger partial charge on any atom is -0.497 e. The number of anilines is 1. The summed E-state index contributed by atoms with van der Waals surface area (Å²) < 4.78 is 56.8. The molecule has 246 valence electrons. The zero-order valence-corrected chi connectivity index (χ0v) is 26.5. The number of nitrogens with zero attached hydrogens (tertiary/aromatic N) is 1. The van der Waals surface area contributed by atoms with Crippen LogP contribution in [0.4, 0.5) is 18.9 Å². The molecule has 0 aromatic heterocycles. The number of carbonyl (C=O) groups excluding carboxylic acids is 3. The molecule has 8 nitrogen and oxygen atoms in total. The number of benzene rings is 3. The number of hydrogen-bond acceptors (Lipinski definition) is 8. The largest absolute Gasteiger partial charge is 0.497 e. The van der Waals surface area contributed by atoms with Crippen LogP contribution in [0.1, 0.15) is 48.8 Å². The van der Waals surface area contributed by atoms with Crippen molar-refractivity contribution in [2.45, 2.75) is 38.3 Å². The van der Waals surface area contributed by atoms with Crippen LogP contribution in [-0.4, -0.2) is 38.0 Å². The first-order valence-electron chi connectivity index (χ1n) is 14.9. The van der Waals surface area contributed by atoms with Crippen molar-refractivity contribution in [2.75, 3.05) is 25.2 Å². The van der Waals surface area contributed by atoms with Gasteiger partial charge in [0.05, 0.1) is 37.4 Å². The van der Waals surface area contributed by atoms with E-state index in [-0.39, 0.29) is 42.3 Å². The highest BCUT2D eigenvalue weighted by atomic mass is 35.5. The normalized spacial score (nSPS) is 19.8. The molecule has 0 saturated carbocycles. The van der Waals surface area contributed by atoms with Crippen molar-refractivity contribution in [3.8, 4) is 5.75 Å². The monoisotopic (exact) mass is 668 g/mol. The minimum atomic E-state index is -4.60. The van der Waals surface area contributed by atoms with Gasteiger partial charge in [-0.3, -0.25) is 14.5 Å². The molecule has 2 N–H and O–H groups in total. The van der Waals surface area contributed by atoms with Gasteiger partial charge in [-0.15, -0.1) is 0 Å². The lowest BCUT2D eigenvalue weighted by atomic mass is 9.67. The molecule has 0 saturated heterocycles. The number of nitrogens with two attached hydrogens (primary N) is 1. The smallest absolute Gasteiger partial charge is 0.416 e. The van der Waals surface area contributed by atoms with Crippen molar-refractivity contribution < 1.29 is 41.8 Å². The maximum atomic E-state index is 14.9. The first-order valence-corrected chi connectivity index (χ1v) is 15.3. The highest BCUT2D eigenvalue weighted by Crippen LogP contribution is 2.52. The van der Waals surface area contributed by atoms with E-state index in [4.69, 9.17) is 31.5 Å². The summed E-state index contributed by atoms with van der Waals surface area (Å²) in [5.41, 5.74) is 7.41. The summed E-state index contributed by atoms with van der Waals surface area (Å²) >= 11 is 6.19. The van der Waals surface area contributed by atoms with Gasteiger partial charge in [-0.25, -0.2) is 4.79 Å². The number of hydrogen-bond donors (Lipinski definition) is 1. The van der Waals surface area contributed by atoms with Gasteiger partial charge >= 0.3 is 18.1 Å². The third-order valence-corrected chi connectivity index (χ3v) is 8.50. The molecule has 12 heteroatoms. The maximum absolute atomic E-state index is 14.9. The minimum absolute atomic E-state index is 0.0125. The van der Waals surface area contributed by atoms with E-state index in [1.807, 2.05) is 0 Å². The predicted octanol–water partition coefficient (Wildman–Crippen LogP) is 6.89. The van der Waals surface area contributed by atoms with Crippen LogP contribution in [0.2, 0.25) is 5.02 Å². The summed E-state index contributed by atoms with van der Waals surface area (Å²) in [6, 6.07) is 17.6. The fourth-order valence-corrected chi connectivity index (χ4v) is 6.33. The second kappa shape index (κ2) is 13.5. The van der Waals surface area contributed by atoms with Crippen LogP contribution in [0.15, 0.2) is 95.5 Å². The Morgan fingerprint density at radius 3 is 2.21 bits per heavy atom. The van der Waals surface area contributed by atoms with Gasteiger partial charge in [0.25, 0.3) is 0 Å². The van der Waals surface area contributed by atoms with E-state index in [1.165, 1.54) is 24.1 Å². The van der Waals surface area contributed by atoms with E-state index in [2.05, 4.69) is 0 Å². The fraction of sp³-hybridized carbons (Fsp3) is 0.286. The molecule has 3 aromatic carbocycles. The average molecular weight is 669 g/mol. The number of ether oxygens (including phenoxy) is 3. The Bertz CT molecular complexity index is 1750. The molecule has 3 aromatic rings. The molecule has 2 aliphatic rings. The van der Waals surface area contributed by atoms with Crippen molar-refractivity contribution in [1.82, 2.24) is 0 Å². The lowest BCUT2D eigenvalue weighted by molar-refractivity contribution is -0.152. The van der Waals surface area contributed by atoms with Crippen molar-refractivity contribution in [1.29, 1.82) is 0 Å². The molecule has 1 heterocycles. The Morgan fingerprint density at radius 2 is 1.62 bits per heavy atom. The number of methoxy groups -OCH3 is 1. The number of allylic oxidation sites excluding steroid dienone is 2. The molecule has 0 radical (unpaired) electrons. The van der Waals surface area contributed by atoms with Gasteiger partial charge in [-0.05, 0) is 79.9 Å². The van der Waals surface area contributed by atoms with Crippen LogP contribution >= 0.6 is 11.6 Å². The van der Waals surface area contributed by atoms with Gasteiger partial charge < -0.3 is 19.9 Å². The van der Waals surface area contributed by atoms with Gasteiger partial charge in [-0.1, -0.05) is 35.9 Å². The standard InChI is InChI=1S/C35H32ClF3N2O6/c1-4-46-33(43)28-25(20-7-6-8-24(17-20)45-3)18-26-29(31(28)42)27(19-9-13-22(36)14-10-19)30(34(44)47-5-2)32(40)41(26)23-15-11-21(12-16-23)35(37,38)39/h6-17,25,27-28H,4-5,18,40H2,1-3H3. The fourth-order valence-electron chi connectivity index (χ4n) is 6.21. The first kappa shape index (κ1) is 33.6. The Labute approximate surface area is 274 Å². The van der Waals surface area contributed by atoms with Crippen molar-refractivity contribution in [2.24, 2.45) is 11.7 Å². The van der Waals surface area contributed by atoms with E-state index in [0.717, 1.165) is 12.1 Å². The average Bonchev–Trinajstić information content (AvgIpc) is 3.04. The highest BCUT2D eigenvalue weighted by molar-refractivity contribution is 6.30. The Balaban J connectivity index is 1.82. The number of ketones is 1. The van der Waals surface area contributed by atoms with Crippen LogP contribution in [0, 0.1) is 5.92 Å². The van der Waals surface area contributed by atoms with Crippen LogP contribution in [0.5, 0.6) is 5.75 Å². The zero-order valence-electron chi connectivity index (χ0n) is 25.8. The Hall–Kier alpha value is -4.77. The zero-order chi connectivity index (χ0) is 34.0. The second-order valence-corrected chi connectivity index (χ2v) is 11.4. The first-order chi connectivity index (χ1) is 22.4. The molecule has 0 amide bonds. The number of rotatable bonds is 8.